The molecule has 44 heavy (non-hydrogen) atoms. The van der Waals surface area contributed by atoms with E-state index in [9.17, 15) is 0 Å². The van der Waals surface area contributed by atoms with Crippen molar-refractivity contribution in [3.05, 3.63) is 132 Å². The third-order valence-corrected chi connectivity index (χ3v) is 6.86. The average Bonchev–Trinajstić information content (AvgIpc) is 3.09. The quantitative estimate of drug-likeness (QED) is 0.123. The molecule has 0 aliphatic rings. The molecule has 0 unspecified atom stereocenters. The fraction of sp³-hybridized carbons (Fsp3) is 0.158. The Labute approximate surface area is 258 Å². The van der Waals surface area contributed by atoms with E-state index in [0.717, 1.165) is 58.1 Å². The van der Waals surface area contributed by atoms with Gasteiger partial charge in [-0.15, -0.1) is 0 Å². The molecule has 5 aromatic rings. The highest BCUT2D eigenvalue weighted by atomic mass is 16.5. The summed E-state index contributed by atoms with van der Waals surface area (Å²) in [7, 11) is 0. The lowest BCUT2D eigenvalue weighted by Crippen LogP contribution is -2.06. The Hall–Kier alpha value is -5.72. The number of hydrogen-bond donors (Lipinski definition) is 0. The molecule has 0 aliphatic heterocycles. The van der Waals surface area contributed by atoms with Gasteiger partial charge in [-0.3, -0.25) is 0 Å². The predicted molar refractivity (Wildman–Crippen MR) is 171 cm³/mol. The summed E-state index contributed by atoms with van der Waals surface area (Å²) in [5.41, 5.74) is 5.58. The first kappa shape index (κ1) is 29.8. The second kappa shape index (κ2) is 15.5. The Morgan fingerprint density at radius 3 is 1.05 bits per heavy atom. The van der Waals surface area contributed by atoms with Crippen LogP contribution in [-0.4, -0.2) is 26.4 Å². The van der Waals surface area contributed by atoms with E-state index in [0.29, 0.717) is 37.6 Å². The first-order chi connectivity index (χ1) is 21.7. The largest absolute Gasteiger partial charge is 0.493 e. The van der Waals surface area contributed by atoms with Crippen molar-refractivity contribution in [2.45, 2.75) is 12.8 Å². The lowest BCUT2D eigenvalue weighted by Gasteiger charge is -2.11. The van der Waals surface area contributed by atoms with Gasteiger partial charge in [0.05, 0.1) is 49.7 Å². The maximum atomic E-state index is 8.96. The smallest absolute Gasteiger partial charge is 0.122 e. The normalized spacial score (nSPS) is 10.3. The monoisotopic (exact) mass is 580 g/mol. The highest BCUT2D eigenvalue weighted by molar-refractivity contribution is 5.66. The zero-order valence-corrected chi connectivity index (χ0v) is 24.3. The van der Waals surface area contributed by atoms with E-state index in [-0.39, 0.29) is 0 Å². The number of nitriles is 2. The number of hydrogen-bond acceptors (Lipinski definition) is 6. The number of nitrogens with zero attached hydrogens (tertiary/aromatic N) is 2. The topological polar surface area (TPSA) is 84.5 Å². The summed E-state index contributed by atoms with van der Waals surface area (Å²) in [6, 6.07) is 42.9. The van der Waals surface area contributed by atoms with Gasteiger partial charge in [0.25, 0.3) is 0 Å². The molecule has 6 heteroatoms. The Morgan fingerprint density at radius 2 is 0.705 bits per heavy atom. The van der Waals surface area contributed by atoms with Gasteiger partial charge < -0.3 is 18.9 Å². The second-order valence-corrected chi connectivity index (χ2v) is 10.0. The van der Waals surface area contributed by atoms with Gasteiger partial charge in [-0.2, -0.15) is 10.5 Å². The minimum absolute atomic E-state index is 0.532. The van der Waals surface area contributed by atoms with Crippen LogP contribution < -0.4 is 18.9 Å². The molecule has 0 radical (unpaired) electrons. The van der Waals surface area contributed by atoms with E-state index >= 15 is 0 Å². The number of benzene rings is 5. The summed E-state index contributed by atoms with van der Waals surface area (Å²) in [5.74, 6) is 3.13. The van der Waals surface area contributed by atoms with Crippen LogP contribution in [0.15, 0.2) is 121 Å². The van der Waals surface area contributed by atoms with Crippen LogP contribution in [0.1, 0.15) is 24.0 Å². The minimum Gasteiger partial charge on any atom is -0.493 e. The molecule has 5 rings (SSSR count). The molecule has 0 bridgehead atoms. The highest BCUT2D eigenvalue weighted by Crippen LogP contribution is 2.25. The lowest BCUT2D eigenvalue weighted by atomic mass is 10.0. The van der Waals surface area contributed by atoms with Crippen LogP contribution in [0.25, 0.3) is 22.3 Å². The van der Waals surface area contributed by atoms with E-state index in [2.05, 4.69) is 12.1 Å². The maximum absolute atomic E-state index is 8.96. The highest BCUT2D eigenvalue weighted by Gasteiger charge is 2.03. The van der Waals surface area contributed by atoms with Gasteiger partial charge in [-0.25, -0.2) is 0 Å². The standard InChI is InChI=1S/C38H32N2O4/c39-27-29-6-10-31(11-7-29)33-14-18-35(19-15-33)41-22-2-24-43-37-4-1-5-38(26-37)44-25-3-23-42-36-20-16-34(17-21-36)32-12-8-30(28-40)9-13-32/h1,4-21,26H,2-3,22-25H2. The Kier molecular flexibility index (Phi) is 10.5. The third kappa shape index (κ3) is 8.64. The van der Waals surface area contributed by atoms with Crippen molar-refractivity contribution in [3.8, 4) is 57.4 Å². The maximum Gasteiger partial charge on any atom is 0.122 e. The second-order valence-electron chi connectivity index (χ2n) is 10.0. The van der Waals surface area contributed by atoms with Gasteiger partial charge in [0.2, 0.25) is 0 Å². The third-order valence-electron chi connectivity index (χ3n) is 6.86. The van der Waals surface area contributed by atoms with E-state index in [1.807, 2.05) is 121 Å². The van der Waals surface area contributed by atoms with Crippen molar-refractivity contribution < 1.29 is 18.9 Å². The molecule has 218 valence electrons. The fourth-order valence-corrected chi connectivity index (χ4v) is 4.49. The van der Waals surface area contributed by atoms with Crippen molar-refractivity contribution in [1.82, 2.24) is 0 Å². The summed E-state index contributed by atoms with van der Waals surface area (Å²) in [6.07, 6.45) is 1.49. The molecule has 0 saturated heterocycles. The van der Waals surface area contributed by atoms with Gasteiger partial charge in [-0.1, -0.05) is 54.6 Å². The molecule has 0 saturated carbocycles. The van der Waals surface area contributed by atoms with Crippen LogP contribution in [0.4, 0.5) is 0 Å². The summed E-state index contributed by atoms with van der Waals surface area (Å²) in [4.78, 5) is 0. The lowest BCUT2D eigenvalue weighted by molar-refractivity contribution is 0.240. The Balaban J connectivity index is 0.961. The first-order valence-electron chi connectivity index (χ1n) is 14.5. The van der Waals surface area contributed by atoms with Gasteiger partial charge in [-0.05, 0) is 82.9 Å². The van der Waals surface area contributed by atoms with E-state index < -0.39 is 0 Å². The summed E-state index contributed by atoms with van der Waals surface area (Å²) >= 11 is 0. The number of ether oxygens (including phenoxy) is 4. The van der Waals surface area contributed by atoms with Crippen LogP contribution >= 0.6 is 0 Å². The molecule has 0 N–H and O–H groups in total. The van der Waals surface area contributed by atoms with Crippen molar-refractivity contribution in [1.29, 1.82) is 10.5 Å². The van der Waals surface area contributed by atoms with Gasteiger partial charge >= 0.3 is 0 Å². The Morgan fingerprint density at radius 1 is 0.386 bits per heavy atom. The van der Waals surface area contributed by atoms with Crippen LogP contribution in [0.2, 0.25) is 0 Å². The van der Waals surface area contributed by atoms with Crippen LogP contribution in [0.3, 0.4) is 0 Å². The van der Waals surface area contributed by atoms with Crippen LogP contribution in [0, 0.1) is 22.7 Å². The molecule has 0 aliphatic carbocycles. The van der Waals surface area contributed by atoms with E-state index in [1.165, 1.54) is 0 Å². The molecule has 0 aromatic heterocycles. The molecule has 0 atom stereocenters. The average molecular weight is 581 g/mol. The van der Waals surface area contributed by atoms with Crippen LogP contribution in [-0.2, 0) is 0 Å². The van der Waals surface area contributed by atoms with Crippen molar-refractivity contribution in [3.63, 3.8) is 0 Å². The first-order valence-corrected chi connectivity index (χ1v) is 14.5. The SMILES string of the molecule is N#Cc1ccc(-c2ccc(OCCCOc3cccc(OCCCOc4ccc(-c5ccc(C#N)cc5)cc4)c3)cc2)cc1. The van der Waals surface area contributed by atoms with E-state index in [1.54, 1.807) is 0 Å². The Bertz CT molecular complexity index is 1570. The molecule has 0 amide bonds. The molecule has 0 fully saturated rings. The van der Waals surface area contributed by atoms with Gasteiger partial charge in [0.15, 0.2) is 0 Å². The molecule has 6 nitrogen and oxygen atoms in total. The molecule has 5 aromatic carbocycles. The predicted octanol–water partition coefficient (Wildman–Crippen LogP) is 8.46. The fourth-order valence-electron chi connectivity index (χ4n) is 4.49. The van der Waals surface area contributed by atoms with Crippen molar-refractivity contribution in [2.75, 3.05) is 26.4 Å². The zero-order valence-electron chi connectivity index (χ0n) is 24.3. The molecular formula is C38H32N2O4. The van der Waals surface area contributed by atoms with E-state index in [4.69, 9.17) is 29.5 Å². The minimum atomic E-state index is 0.532. The molecular weight excluding hydrogens is 548 g/mol. The summed E-state index contributed by atoms with van der Waals surface area (Å²) < 4.78 is 23.5. The van der Waals surface area contributed by atoms with Gasteiger partial charge in [0.1, 0.15) is 23.0 Å². The van der Waals surface area contributed by atoms with Crippen LogP contribution in [0.5, 0.6) is 23.0 Å². The zero-order chi connectivity index (χ0) is 30.4. The summed E-state index contributed by atoms with van der Waals surface area (Å²) in [6.45, 7) is 2.16. The van der Waals surface area contributed by atoms with Crippen molar-refractivity contribution in [2.24, 2.45) is 0 Å². The van der Waals surface area contributed by atoms with Gasteiger partial charge in [0, 0.05) is 18.9 Å². The molecule has 0 spiro atoms. The van der Waals surface area contributed by atoms with Crippen molar-refractivity contribution >= 4 is 0 Å². The summed E-state index contributed by atoms with van der Waals surface area (Å²) in [5, 5.41) is 17.9. The number of rotatable bonds is 14. The molecule has 0 heterocycles.